The third-order valence-electron chi connectivity index (χ3n) is 5.55. The fraction of sp³-hybridized carbons (Fsp3) is 0.882. The molecular formula is C17H32N2O. The molecule has 0 saturated carbocycles. The van der Waals surface area contributed by atoms with Crippen molar-refractivity contribution >= 4 is 0 Å². The lowest BCUT2D eigenvalue weighted by atomic mass is 9.80. The van der Waals surface area contributed by atoms with Crippen LogP contribution in [0.3, 0.4) is 0 Å². The van der Waals surface area contributed by atoms with Crippen LogP contribution in [0.15, 0.2) is 11.6 Å². The molecule has 0 aromatic carbocycles. The first-order chi connectivity index (χ1) is 9.55. The van der Waals surface area contributed by atoms with Crippen molar-refractivity contribution < 1.29 is 4.74 Å². The minimum Gasteiger partial charge on any atom is -0.381 e. The van der Waals surface area contributed by atoms with Gasteiger partial charge in [0.2, 0.25) is 0 Å². The zero-order chi connectivity index (χ0) is 14.6. The Morgan fingerprint density at radius 1 is 1.35 bits per heavy atom. The highest BCUT2D eigenvalue weighted by Gasteiger charge is 2.34. The lowest BCUT2D eigenvalue weighted by Gasteiger charge is -2.43. The van der Waals surface area contributed by atoms with Gasteiger partial charge >= 0.3 is 0 Å². The molecule has 0 unspecified atom stereocenters. The molecule has 3 heteroatoms. The molecule has 0 spiro atoms. The van der Waals surface area contributed by atoms with E-state index in [0.29, 0.717) is 0 Å². The zero-order valence-corrected chi connectivity index (χ0v) is 13.7. The van der Waals surface area contributed by atoms with Gasteiger partial charge in [0.15, 0.2) is 0 Å². The van der Waals surface area contributed by atoms with E-state index in [9.17, 15) is 0 Å². The number of hydrogen-bond donors (Lipinski definition) is 1. The molecule has 1 aliphatic carbocycles. The van der Waals surface area contributed by atoms with Crippen LogP contribution in [0, 0.1) is 11.8 Å². The molecule has 2 atom stereocenters. The van der Waals surface area contributed by atoms with Gasteiger partial charge < -0.3 is 15.0 Å². The summed E-state index contributed by atoms with van der Waals surface area (Å²) in [5, 5.41) is 3.77. The van der Waals surface area contributed by atoms with Gasteiger partial charge in [-0.2, -0.15) is 0 Å². The Bertz CT molecular complexity index is 332. The number of nitrogens with zero attached hydrogens (tertiary/aromatic N) is 1. The van der Waals surface area contributed by atoms with E-state index in [1.807, 2.05) is 0 Å². The summed E-state index contributed by atoms with van der Waals surface area (Å²) < 4.78 is 5.54. The number of nitrogens with one attached hydrogen (secondary N) is 1. The highest BCUT2D eigenvalue weighted by Crippen LogP contribution is 2.30. The fourth-order valence-corrected chi connectivity index (χ4v) is 3.73. The predicted molar refractivity (Wildman–Crippen MR) is 85.0 cm³/mol. The number of ether oxygens (including phenoxy) is 1. The predicted octanol–water partition coefficient (Wildman–Crippen LogP) is 2.68. The third-order valence-corrected chi connectivity index (χ3v) is 5.55. The average molecular weight is 280 g/mol. The van der Waals surface area contributed by atoms with E-state index in [2.05, 4.69) is 44.2 Å². The number of hydrogen-bond acceptors (Lipinski definition) is 3. The molecule has 1 aliphatic heterocycles. The van der Waals surface area contributed by atoms with Crippen molar-refractivity contribution in [3.63, 3.8) is 0 Å². The molecule has 1 saturated heterocycles. The van der Waals surface area contributed by atoms with Crippen molar-refractivity contribution in [1.82, 2.24) is 10.2 Å². The van der Waals surface area contributed by atoms with Crippen molar-refractivity contribution in [2.75, 3.05) is 40.4 Å². The smallest absolute Gasteiger partial charge is 0.0484 e. The zero-order valence-electron chi connectivity index (χ0n) is 13.7. The van der Waals surface area contributed by atoms with E-state index < -0.39 is 0 Å². The standard InChI is InChI=1S/C17H32N2O/c1-14-6-5-7-15(2)16(14)12-18-13-17(19(3)4)8-10-20-11-9-17/h6,15-16,18H,5,7-13H2,1-4H3/t15-,16+/m1/s1. The molecule has 0 aromatic rings. The molecule has 1 fully saturated rings. The lowest BCUT2D eigenvalue weighted by molar-refractivity contribution is -0.00743. The SMILES string of the molecule is CC1=CCC[C@@H](C)[C@H]1CNCC1(N(C)C)CCOCC1. The van der Waals surface area contributed by atoms with Crippen LogP contribution >= 0.6 is 0 Å². The summed E-state index contributed by atoms with van der Waals surface area (Å²) in [4.78, 5) is 2.40. The van der Waals surface area contributed by atoms with Gasteiger partial charge in [-0.25, -0.2) is 0 Å². The van der Waals surface area contributed by atoms with Gasteiger partial charge in [0.25, 0.3) is 0 Å². The van der Waals surface area contributed by atoms with Gasteiger partial charge in [-0.3, -0.25) is 0 Å². The van der Waals surface area contributed by atoms with Crippen LogP contribution < -0.4 is 5.32 Å². The summed E-state index contributed by atoms with van der Waals surface area (Å²) in [6.07, 6.45) is 7.32. The van der Waals surface area contributed by atoms with Crippen molar-refractivity contribution in [2.24, 2.45) is 11.8 Å². The molecule has 20 heavy (non-hydrogen) atoms. The van der Waals surface area contributed by atoms with Crippen LogP contribution in [0.4, 0.5) is 0 Å². The molecule has 0 bridgehead atoms. The topological polar surface area (TPSA) is 24.5 Å². The first kappa shape index (κ1) is 16.0. The normalized spacial score (nSPS) is 30.4. The number of likely N-dealkylation sites (N-methyl/N-ethyl adjacent to an activating group) is 1. The highest BCUT2D eigenvalue weighted by atomic mass is 16.5. The summed E-state index contributed by atoms with van der Waals surface area (Å²) >= 11 is 0. The van der Waals surface area contributed by atoms with E-state index in [-0.39, 0.29) is 5.54 Å². The van der Waals surface area contributed by atoms with Crippen molar-refractivity contribution in [1.29, 1.82) is 0 Å². The monoisotopic (exact) mass is 280 g/mol. The van der Waals surface area contributed by atoms with Gasteiger partial charge in [0, 0.05) is 31.8 Å². The van der Waals surface area contributed by atoms with Gasteiger partial charge in [-0.05, 0) is 58.5 Å². The summed E-state index contributed by atoms with van der Waals surface area (Å²) in [5.41, 5.74) is 1.87. The summed E-state index contributed by atoms with van der Waals surface area (Å²) in [7, 11) is 4.42. The van der Waals surface area contributed by atoms with Gasteiger partial charge in [-0.15, -0.1) is 0 Å². The number of allylic oxidation sites excluding steroid dienone is 1. The Labute approximate surface area is 124 Å². The second-order valence-corrected chi connectivity index (χ2v) is 6.97. The summed E-state index contributed by atoms with van der Waals surface area (Å²) in [6.45, 7) is 8.72. The summed E-state index contributed by atoms with van der Waals surface area (Å²) in [5.74, 6) is 1.54. The molecule has 0 aromatic heterocycles. The fourth-order valence-electron chi connectivity index (χ4n) is 3.73. The van der Waals surface area contributed by atoms with Crippen LogP contribution in [0.5, 0.6) is 0 Å². The van der Waals surface area contributed by atoms with Crippen molar-refractivity contribution in [3.8, 4) is 0 Å². The van der Waals surface area contributed by atoms with E-state index in [1.54, 1.807) is 5.57 Å². The number of rotatable bonds is 5. The Morgan fingerprint density at radius 3 is 2.65 bits per heavy atom. The van der Waals surface area contributed by atoms with Crippen LogP contribution in [-0.4, -0.2) is 50.8 Å². The van der Waals surface area contributed by atoms with Crippen LogP contribution in [0.1, 0.15) is 39.5 Å². The molecule has 116 valence electrons. The van der Waals surface area contributed by atoms with Crippen LogP contribution in [0.25, 0.3) is 0 Å². The lowest BCUT2D eigenvalue weighted by Crippen LogP contribution is -2.55. The molecule has 0 radical (unpaired) electrons. The van der Waals surface area contributed by atoms with E-state index in [0.717, 1.165) is 51.0 Å². The van der Waals surface area contributed by atoms with Crippen molar-refractivity contribution in [2.45, 2.75) is 45.1 Å². The van der Waals surface area contributed by atoms with Crippen LogP contribution in [-0.2, 0) is 4.74 Å². The minimum atomic E-state index is 0.285. The molecule has 2 aliphatic rings. The van der Waals surface area contributed by atoms with Crippen molar-refractivity contribution in [3.05, 3.63) is 11.6 Å². The maximum Gasteiger partial charge on any atom is 0.0484 e. The van der Waals surface area contributed by atoms with Gasteiger partial charge in [0.1, 0.15) is 0 Å². The maximum atomic E-state index is 5.54. The molecule has 3 nitrogen and oxygen atoms in total. The van der Waals surface area contributed by atoms with E-state index >= 15 is 0 Å². The first-order valence-corrected chi connectivity index (χ1v) is 8.18. The molecule has 1 heterocycles. The van der Waals surface area contributed by atoms with Gasteiger partial charge in [-0.1, -0.05) is 18.6 Å². The quantitative estimate of drug-likeness (QED) is 0.784. The van der Waals surface area contributed by atoms with E-state index in [1.165, 1.54) is 12.8 Å². The summed E-state index contributed by atoms with van der Waals surface area (Å²) in [6, 6.07) is 0. The molecular weight excluding hydrogens is 248 g/mol. The average Bonchev–Trinajstić information content (AvgIpc) is 2.43. The molecule has 2 rings (SSSR count). The Balaban J connectivity index is 1.87. The Hall–Kier alpha value is -0.380. The second kappa shape index (κ2) is 7.06. The minimum absolute atomic E-state index is 0.285. The maximum absolute atomic E-state index is 5.54. The third kappa shape index (κ3) is 3.63. The Kier molecular flexibility index (Phi) is 5.65. The first-order valence-electron chi connectivity index (χ1n) is 8.18. The molecule has 1 N–H and O–H groups in total. The van der Waals surface area contributed by atoms with Crippen LogP contribution in [0.2, 0.25) is 0 Å². The highest BCUT2D eigenvalue weighted by molar-refractivity contribution is 5.09. The molecule has 0 amide bonds. The van der Waals surface area contributed by atoms with Gasteiger partial charge in [0.05, 0.1) is 0 Å². The Morgan fingerprint density at radius 2 is 2.05 bits per heavy atom. The van der Waals surface area contributed by atoms with E-state index in [4.69, 9.17) is 4.74 Å². The second-order valence-electron chi connectivity index (χ2n) is 6.97. The largest absolute Gasteiger partial charge is 0.381 e.